The number of carbonyl (C=O) groups is 1. The van der Waals surface area contributed by atoms with Crippen LogP contribution in [0.5, 0.6) is 0 Å². The van der Waals surface area contributed by atoms with Crippen LogP contribution in [0.4, 0.5) is 0 Å². The number of piperazine rings is 1. The Morgan fingerprint density at radius 1 is 1.11 bits per heavy atom. The predicted molar refractivity (Wildman–Crippen MR) is 120 cm³/mol. The van der Waals surface area contributed by atoms with Gasteiger partial charge in [-0.1, -0.05) is 30.3 Å². The molecule has 150 valence electrons. The summed E-state index contributed by atoms with van der Waals surface area (Å²) in [5, 5.41) is 6.36. The van der Waals surface area contributed by atoms with Gasteiger partial charge in [0.05, 0.1) is 6.54 Å². The van der Waals surface area contributed by atoms with E-state index in [1.807, 2.05) is 0 Å². The van der Waals surface area contributed by atoms with Gasteiger partial charge in [-0.15, -0.1) is 24.0 Å². The molecule has 1 aromatic rings. The fraction of sp³-hybridized carbons (Fsp3) is 0.600. The summed E-state index contributed by atoms with van der Waals surface area (Å²) in [5.74, 6) is 1.43. The Hall–Kier alpha value is -1.35. The van der Waals surface area contributed by atoms with E-state index in [9.17, 15) is 4.79 Å². The number of nitrogens with zero attached hydrogens (tertiary/aromatic N) is 3. The Morgan fingerprint density at radius 3 is 2.44 bits per heavy atom. The largest absolute Gasteiger partial charge is 0.357 e. The van der Waals surface area contributed by atoms with Crippen LogP contribution in [0.25, 0.3) is 0 Å². The van der Waals surface area contributed by atoms with Crippen LogP contribution >= 0.6 is 24.0 Å². The third-order valence-electron chi connectivity index (χ3n) is 4.88. The van der Waals surface area contributed by atoms with Crippen molar-refractivity contribution in [3.63, 3.8) is 0 Å². The maximum atomic E-state index is 11.7. The van der Waals surface area contributed by atoms with Crippen LogP contribution in [0, 0.1) is 5.92 Å². The summed E-state index contributed by atoms with van der Waals surface area (Å²) in [6.07, 6.45) is 2.09. The van der Waals surface area contributed by atoms with Crippen molar-refractivity contribution >= 4 is 35.8 Å². The van der Waals surface area contributed by atoms with Gasteiger partial charge in [-0.2, -0.15) is 0 Å². The lowest BCUT2D eigenvalue weighted by Gasteiger charge is -2.36. The summed E-state index contributed by atoms with van der Waals surface area (Å²) in [6, 6.07) is 10.6. The van der Waals surface area contributed by atoms with Gasteiger partial charge < -0.3 is 15.5 Å². The van der Waals surface area contributed by atoms with Crippen molar-refractivity contribution in [2.75, 3.05) is 45.8 Å². The number of hydrogen-bond acceptors (Lipinski definition) is 3. The number of amides is 1. The molecule has 1 heterocycles. The molecule has 0 unspecified atom stereocenters. The van der Waals surface area contributed by atoms with Gasteiger partial charge in [0.2, 0.25) is 5.91 Å². The molecule has 0 atom stereocenters. The van der Waals surface area contributed by atoms with Gasteiger partial charge in [-0.05, 0) is 25.3 Å². The Labute approximate surface area is 179 Å². The summed E-state index contributed by atoms with van der Waals surface area (Å²) in [7, 11) is 0. The summed E-state index contributed by atoms with van der Waals surface area (Å²) < 4.78 is 0. The normalized spacial score (nSPS) is 18.0. The Bertz CT molecular complexity index is 598. The second kappa shape index (κ2) is 11.5. The van der Waals surface area contributed by atoms with Crippen molar-refractivity contribution in [2.24, 2.45) is 10.9 Å². The number of halogens is 1. The summed E-state index contributed by atoms with van der Waals surface area (Å²) in [6.45, 7) is 9.25. The number of aliphatic imine (C=N–C) groups is 1. The molecule has 1 saturated heterocycles. The molecule has 1 aromatic carbocycles. The molecule has 0 radical (unpaired) electrons. The second-order valence-electron chi connectivity index (χ2n) is 7.05. The Morgan fingerprint density at radius 2 is 1.81 bits per heavy atom. The molecule has 6 nitrogen and oxygen atoms in total. The molecule has 2 N–H and O–H groups in total. The molecule has 1 saturated carbocycles. The zero-order valence-electron chi connectivity index (χ0n) is 16.2. The van der Waals surface area contributed by atoms with E-state index in [0.717, 1.165) is 58.1 Å². The second-order valence-corrected chi connectivity index (χ2v) is 7.05. The number of nitrogens with one attached hydrogen (secondary N) is 2. The average Bonchev–Trinajstić information content (AvgIpc) is 3.51. The van der Waals surface area contributed by atoms with E-state index in [0.29, 0.717) is 13.1 Å². The predicted octanol–water partition coefficient (Wildman–Crippen LogP) is 1.91. The molecular weight excluding hydrogens is 453 g/mol. The van der Waals surface area contributed by atoms with Gasteiger partial charge in [-0.25, -0.2) is 0 Å². The molecule has 2 aliphatic rings. The first-order chi connectivity index (χ1) is 12.8. The molecule has 2 fully saturated rings. The van der Waals surface area contributed by atoms with E-state index in [1.54, 1.807) is 0 Å². The molecule has 0 spiro atoms. The number of hydrogen-bond donors (Lipinski definition) is 2. The van der Waals surface area contributed by atoms with Gasteiger partial charge in [0.1, 0.15) is 0 Å². The molecule has 0 bridgehead atoms. The third kappa shape index (κ3) is 7.29. The van der Waals surface area contributed by atoms with Crippen LogP contribution in [0.3, 0.4) is 0 Å². The molecule has 1 amide bonds. The Kier molecular flexibility index (Phi) is 9.33. The molecule has 1 aliphatic carbocycles. The minimum Gasteiger partial charge on any atom is -0.357 e. The SMILES string of the molecule is CCNC(=NCCNC(=O)C1CC1)N1CCN(Cc2ccccc2)CC1.I. The zero-order chi connectivity index (χ0) is 18.2. The molecule has 0 aromatic heterocycles. The van der Waals surface area contributed by atoms with Crippen molar-refractivity contribution in [3.05, 3.63) is 35.9 Å². The smallest absolute Gasteiger partial charge is 0.223 e. The first-order valence-electron chi connectivity index (χ1n) is 9.83. The van der Waals surface area contributed by atoms with Crippen molar-refractivity contribution in [1.29, 1.82) is 0 Å². The number of rotatable bonds is 7. The number of carbonyl (C=O) groups excluding carboxylic acids is 1. The van der Waals surface area contributed by atoms with Crippen LogP contribution in [-0.2, 0) is 11.3 Å². The first-order valence-corrected chi connectivity index (χ1v) is 9.83. The Balaban J connectivity index is 0.00000261. The fourth-order valence-corrected chi connectivity index (χ4v) is 3.22. The fourth-order valence-electron chi connectivity index (χ4n) is 3.22. The van der Waals surface area contributed by atoms with Crippen molar-refractivity contribution < 1.29 is 4.79 Å². The lowest BCUT2D eigenvalue weighted by atomic mass is 10.2. The third-order valence-corrected chi connectivity index (χ3v) is 4.88. The molecule has 1 aliphatic heterocycles. The monoisotopic (exact) mass is 485 g/mol. The average molecular weight is 485 g/mol. The van der Waals surface area contributed by atoms with Gasteiger partial charge in [0, 0.05) is 51.7 Å². The van der Waals surface area contributed by atoms with Crippen molar-refractivity contribution in [2.45, 2.75) is 26.3 Å². The highest BCUT2D eigenvalue weighted by Crippen LogP contribution is 2.28. The van der Waals surface area contributed by atoms with Crippen LogP contribution in [0.15, 0.2) is 35.3 Å². The van der Waals surface area contributed by atoms with Crippen LogP contribution in [0.2, 0.25) is 0 Å². The minimum absolute atomic E-state index is 0. The maximum Gasteiger partial charge on any atom is 0.223 e. The first kappa shape index (κ1) is 21.9. The highest BCUT2D eigenvalue weighted by Gasteiger charge is 2.29. The van der Waals surface area contributed by atoms with E-state index < -0.39 is 0 Å². The summed E-state index contributed by atoms with van der Waals surface area (Å²) in [4.78, 5) is 21.2. The van der Waals surface area contributed by atoms with Gasteiger partial charge in [0.15, 0.2) is 5.96 Å². The molecule has 7 heteroatoms. The topological polar surface area (TPSA) is 60.0 Å². The summed E-state index contributed by atoms with van der Waals surface area (Å²) >= 11 is 0. The zero-order valence-corrected chi connectivity index (χ0v) is 18.5. The quantitative estimate of drug-likeness (QED) is 0.268. The van der Waals surface area contributed by atoms with Crippen molar-refractivity contribution in [3.8, 4) is 0 Å². The molecule has 27 heavy (non-hydrogen) atoms. The van der Waals surface area contributed by atoms with E-state index in [1.165, 1.54) is 5.56 Å². The lowest BCUT2D eigenvalue weighted by Crippen LogP contribution is -2.52. The molecule has 3 rings (SSSR count). The minimum atomic E-state index is 0. The van der Waals surface area contributed by atoms with Crippen LogP contribution < -0.4 is 10.6 Å². The van der Waals surface area contributed by atoms with Gasteiger partial charge in [-0.3, -0.25) is 14.7 Å². The summed E-state index contributed by atoms with van der Waals surface area (Å²) in [5.41, 5.74) is 1.37. The number of guanidine groups is 1. The van der Waals surface area contributed by atoms with Crippen LogP contribution in [0.1, 0.15) is 25.3 Å². The van der Waals surface area contributed by atoms with E-state index in [2.05, 4.69) is 57.7 Å². The lowest BCUT2D eigenvalue weighted by molar-refractivity contribution is -0.122. The standard InChI is InChI=1S/C20H31N5O.HI/c1-2-21-20(23-11-10-22-19(26)18-8-9-18)25-14-12-24(13-15-25)16-17-6-4-3-5-7-17;/h3-7,18H,2,8-16H2,1H3,(H,21,23)(H,22,26);1H. The maximum absolute atomic E-state index is 11.7. The van der Waals surface area contributed by atoms with E-state index in [4.69, 9.17) is 4.99 Å². The van der Waals surface area contributed by atoms with E-state index >= 15 is 0 Å². The van der Waals surface area contributed by atoms with E-state index in [-0.39, 0.29) is 35.8 Å². The van der Waals surface area contributed by atoms with Crippen LogP contribution in [-0.4, -0.2) is 67.5 Å². The molecular formula is C20H32IN5O. The highest BCUT2D eigenvalue weighted by molar-refractivity contribution is 14.0. The highest BCUT2D eigenvalue weighted by atomic mass is 127. The van der Waals surface area contributed by atoms with Gasteiger partial charge >= 0.3 is 0 Å². The van der Waals surface area contributed by atoms with Crippen molar-refractivity contribution in [1.82, 2.24) is 20.4 Å². The number of benzene rings is 1. The van der Waals surface area contributed by atoms with Gasteiger partial charge in [0.25, 0.3) is 0 Å².